The van der Waals surface area contributed by atoms with Crippen LogP contribution in [0.15, 0.2) is 30.3 Å². The minimum absolute atomic E-state index is 0.0438. The van der Waals surface area contributed by atoms with Crippen LogP contribution in [-0.4, -0.2) is 56.1 Å². The second kappa shape index (κ2) is 6.25. The van der Waals surface area contributed by atoms with E-state index < -0.39 is 0 Å². The van der Waals surface area contributed by atoms with Crippen LogP contribution in [-0.2, 0) is 5.41 Å². The summed E-state index contributed by atoms with van der Waals surface area (Å²) in [6.45, 7) is 8.70. The number of likely N-dealkylation sites (N-methyl/N-ethyl adjacent to an activating group) is 1. The number of nitrogens with zero attached hydrogens (tertiary/aromatic N) is 2. The molecule has 20 heavy (non-hydrogen) atoms. The predicted octanol–water partition coefficient (Wildman–Crippen LogP) is 1.78. The van der Waals surface area contributed by atoms with Crippen LogP contribution in [0.4, 0.5) is 0 Å². The van der Waals surface area contributed by atoms with Gasteiger partial charge in [0.15, 0.2) is 0 Å². The summed E-state index contributed by atoms with van der Waals surface area (Å²) in [5.41, 5.74) is 7.50. The predicted molar refractivity (Wildman–Crippen MR) is 85.9 cm³/mol. The zero-order valence-electron chi connectivity index (χ0n) is 13.3. The highest BCUT2D eigenvalue weighted by molar-refractivity contribution is 5.25. The monoisotopic (exact) mass is 275 g/mol. The van der Waals surface area contributed by atoms with Gasteiger partial charge >= 0.3 is 0 Å². The summed E-state index contributed by atoms with van der Waals surface area (Å²) in [7, 11) is 4.37. The second-order valence-electron chi connectivity index (χ2n) is 6.83. The van der Waals surface area contributed by atoms with Gasteiger partial charge in [-0.05, 0) is 25.6 Å². The molecule has 0 aromatic heterocycles. The van der Waals surface area contributed by atoms with Crippen molar-refractivity contribution in [3.8, 4) is 0 Å². The highest BCUT2D eigenvalue weighted by Crippen LogP contribution is 2.28. The molecule has 3 unspecified atom stereocenters. The zero-order valence-corrected chi connectivity index (χ0v) is 13.3. The molecule has 2 rings (SSSR count). The van der Waals surface area contributed by atoms with E-state index in [1.807, 2.05) is 0 Å². The molecule has 0 bridgehead atoms. The molecule has 1 aliphatic heterocycles. The molecule has 1 heterocycles. The molecule has 0 radical (unpaired) electrons. The summed E-state index contributed by atoms with van der Waals surface area (Å²) in [5, 5.41) is 0. The third-order valence-corrected chi connectivity index (χ3v) is 4.81. The second-order valence-corrected chi connectivity index (χ2v) is 6.83. The molecular weight excluding hydrogens is 246 g/mol. The third-order valence-electron chi connectivity index (χ3n) is 4.81. The Hall–Kier alpha value is -0.900. The van der Waals surface area contributed by atoms with Gasteiger partial charge in [-0.1, -0.05) is 44.2 Å². The van der Waals surface area contributed by atoms with Gasteiger partial charge in [0.2, 0.25) is 0 Å². The van der Waals surface area contributed by atoms with Gasteiger partial charge in [0.05, 0.1) is 0 Å². The summed E-state index contributed by atoms with van der Waals surface area (Å²) in [5.74, 6) is 0.725. The van der Waals surface area contributed by atoms with Crippen LogP contribution < -0.4 is 5.73 Å². The van der Waals surface area contributed by atoms with Crippen molar-refractivity contribution in [2.45, 2.75) is 25.3 Å². The Balaban J connectivity index is 2.08. The van der Waals surface area contributed by atoms with E-state index in [0.717, 1.165) is 19.0 Å². The minimum atomic E-state index is 0.0438. The molecule has 1 aromatic rings. The Kier molecular flexibility index (Phi) is 4.84. The maximum absolute atomic E-state index is 6.11. The maximum Gasteiger partial charge on any atom is 0.0254 e. The molecule has 3 nitrogen and oxygen atoms in total. The summed E-state index contributed by atoms with van der Waals surface area (Å²) in [4.78, 5) is 4.93. The molecular formula is C17H29N3. The Morgan fingerprint density at radius 2 is 1.90 bits per heavy atom. The molecule has 2 N–H and O–H groups in total. The van der Waals surface area contributed by atoms with Gasteiger partial charge in [0.25, 0.3) is 0 Å². The number of benzene rings is 1. The lowest BCUT2D eigenvalue weighted by Gasteiger charge is -2.33. The fraction of sp³-hybridized carbons (Fsp3) is 0.647. The lowest BCUT2D eigenvalue weighted by atomic mass is 9.82. The van der Waals surface area contributed by atoms with E-state index in [-0.39, 0.29) is 5.41 Å². The Morgan fingerprint density at radius 1 is 1.25 bits per heavy atom. The molecule has 0 amide bonds. The summed E-state index contributed by atoms with van der Waals surface area (Å²) in [6.07, 6.45) is 0. The van der Waals surface area contributed by atoms with Crippen LogP contribution in [0, 0.1) is 5.92 Å². The number of rotatable bonds is 5. The Bertz CT molecular complexity index is 418. The summed E-state index contributed by atoms with van der Waals surface area (Å²) >= 11 is 0. The quantitative estimate of drug-likeness (QED) is 0.889. The van der Waals surface area contributed by atoms with Gasteiger partial charge in [-0.25, -0.2) is 0 Å². The van der Waals surface area contributed by atoms with E-state index in [1.165, 1.54) is 12.1 Å². The molecule has 1 fully saturated rings. The van der Waals surface area contributed by atoms with Crippen molar-refractivity contribution >= 4 is 0 Å². The average Bonchev–Trinajstić information content (AvgIpc) is 2.80. The van der Waals surface area contributed by atoms with Gasteiger partial charge in [-0.3, -0.25) is 0 Å². The lowest BCUT2D eigenvalue weighted by molar-refractivity contribution is 0.229. The van der Waals surface area contributed by atoms with Crippen LogP contribution in [0.5, 0.6) is 0 Å². The number of nitrogens with two attached hydrogens (primary N) is 1. The number of hydrogen-bond acceptors (Lipinski definition) is 3. The van der Waals surface area contributed by atoms with Crippen molar-refractivity contribution in [3.05, 3.63) is 35.9 Å². The Labute approximate surface area is 123 Å². The van der Waals surface area contributed by atoms with Crippen LogP contribution in [0.3, 0.4) is 0 Å². The van der Waals surface area contributed by atoms with Crippen LogP contribution in [0.1, 0.15) is 19.4 Å². The first-order valence-electron chi connectivity index (χ1n) is 7.60. The molecule has 1 aromatic carbocycles. The van der Waals surface area contributed by atoms with Crippen molar-refractivity contribution in [2.75, 3.05) is 40.3 Å². The van der Waals surface area contributed by atoms with E-state index in [0.29, 0.717) is 12.6 Å². The van der Waals surface area contributed by atoms with Gasteiger partial charge in [0.1, 0.15) is 0 Å². The van der Waals surface area contributed by atoms with Gasteiger partial charge < -0.3 is 15.5 Å². The van der Waals surface area contributed by atoms with Gasteiger partial charge in [-0.2, -0.15) is 0 Å². The van der Waals surface area contributed by atoms with Crippen LogP contribution >= 0.6 is 0 Å². The SMILES string of the molecule is CC1CN(CC(C)(CN)c2ccccc2)CC1N(C)C. The summed E-state index contributed by atoms with van der Waals surface area (Å²) < 4.78 is 0. The van der Waals surface area contributed by atoms with Crippen molar-refractivity contribution in [2.24, 2.45) is 11.7 Å². The largest absolute Gasteiger partial charge is 0.330 e. The Morgan fingerprint density at radius 3 is 2.40 bits per heavy atom. The van der Waals surface area contributed by atoms with E-state index in [9.17, 15) is 0 Å². The van der Waals surface area contributed by atoms with Crippen molar-refractivity contribution in [1.29, 1.82) is 0 Å². The molecule has 0 saturated carbocycles. The number of hydrogen-bond donors (Lipinski definition) is 1. The molecule has 3 heteroatoms. The van der Waals surface area contributed by atoms with Crippen molar-refractivity contribution < 1.29 is 0 Å². The van der Waals surface area contributed by atoms with E-state index >= 15 is 0 Å². The van der Waals surface area contributed by atoms with Crippen LogP contribution in [0.2, 0.25) is 0 Å². The maximum atomic E-state index is 6.11. The highest BCUT2D eigenvalue weighted by Gasteiger charge is 2.35. The summed E-state index contributed by atoms with van der Waals surface area (Å²) in [6, 6.07) is 11.4. The van der Waals surface area contributed by atoms with Crippen molar-refractivity contribution in [1.82, 2.24) is 9.80 Å². The first-order valence-corrected chi connectivity index (χ1v) is 7.60. The van der Waals surface area contributed by atoms with E-state index in [4.69, 9.17) is 5.73 Å². The van der Waals surface area contributed by atoms with Gasteiger partial charge in [-0.15, -0.1) is 0 Å². The topological polar surface area (TPSA) is 32.5 Å². The zero-order chi connectivity index (χ0) is 14.8. The third kappa shape index (κ3) is 3.22. The molecule has 0 spiro atoms. The molecule has 112 valence electrons. The lowest BCUT2D eigenvalue weighted by Crippen LogP contribution is -2.44. The normalized spacial score (nSPS) is 26.9. The first-order chi connectivity index (χ1) is 9.46. The standard InChI is InChI=1S/C17H29N3/c1-14-10-20(11-16(14)19(3)4)13-17(2,12-18)15-8-6-5-7-9-15/h5-9,14,16H,10-13,18H2,1-4H3. The molecule has 1 aliphatic rings. The van der Waals surface area contributed by atoms with E-state index in [2.05, 4.69) is 68.1 Å². The molecule has 1 saturated heterocycles. The number of likely N-dealkylation sites (tertiary alicyclic amines) is 1. The van der Waals surface area contributed by atoms with Crippen LogP contribution in [0.25, 0.3) is 0 Å². The molecule has 0 aliphatic carbocycles. The minimum Gasteiger partial charge on any atom is -0.330 e. The molecule has 3 atom stereocenters. The van der Waals surface area contributed by atoms with E-state index in [1.54, 1.807) is 0 Å². The average molecular weight is 275 g/mol. The van der Waals surface area contributed by atoms with Gasteiger partial charge in [0, 0.05) is 37.6 Å². The highest BCUT2D eigenvalue weighted by atomic mass is 15.2. The fourth-order valence-electron chi connectivity index (χ4n) is 3.46. The fourth-order valence-corrected chi connectivity index (χ4v) is 3.46. The van der Waals surface area contributed by atoms with Crippen molar-refractivity contribution in [3.63, 3.8) is 0 Å². The smallest absolute Gasteiger partial charge is 0.0254 e. The first kappa shape index (κ1) is 15.5.